The summed E-state index contributed by atoms with van der Waals surface area (Å²) in [6.07, 6.45) is -23.0. The van der Waals surface area contributed by atoms with Gasteiger partial charge < -0.3 is 10.6 Å². The zero-order valence-corrected chi connectivity index (χ0v) is 19.8. The molecule has 0 saturated carbocycles. The Balaban J connectivity index is 2.03. The molecule has 0 radical (unpaired) electrons. The Morgan fingerprint density at radius 1 is 0.488 bits per heavy atom. The van der Waals surface area contributed by atoms with Crippen molar-refractivity contribution < 1.29 is 62.3 Å². The van der Waals surface area contributed by atoms with Gasteiger partial charge in [0.05, 0.1) is 22.3 Å². The van der Waals surface area contributed by atoms with Gasteiger partial charge in [-0.1, -0.05) is 30.3 Å². The van der Waals surface area contributed by atoms with E-state index in [0.29, 0.717) is 0 Å². The van der Waals surface area contributed by atoms with Crippen molar-refractivity contribution in [2.75, 3.05) is 0 Å². The van der Waals surface area contributed by atoms with Gasteiger partial charge in [-0.05, 0) is 42.0 Å². The number of rotatable bonds is 5. The quantitative estimate of drug-likeness (QED) is 0.233. The highest BCUT2D eigenvalue weighted by molar-refractivity contribution is 5.97. The molecular formula is C25H14F12N2O2. The first kappa shape index (κ1) is 31.3. The zero-order valence-electron chi connectivity index (χ0n) is 19.8. The minimum atomic E-state index is -5.30. The smallest absolute Gasteiger partial charge is 0.328 e. The summed E-state index contributed by atoms with van der Waals surface area (Å²) in [5.74, 6) is -3.17. The van der Waals surface area contributed by atoms with Crippen LogP contribution < -0.4 is 10.6 Å². The van der Waals surface area contributed by atoms with Crippen LogP contribution in [0.5, 0.6) is 0 Å². The lowest BCUT2D eigenvalue weighted by molar-refractivity contribution is -0.144. The van der Waals surface area contributed by atoms with Crippen molar-refractivity contribution >= 4 is 11.8 Å². The molecule has 0 spiro atoms. The summed E-state index contributed by atoms with van der Waals surface area (Å²) in [7, 11) is 0. The van der Waals surface area contributed by atoms with Gasteiger partial charge in [0.1, 0.15) is 6.17 Å². The van der Waals surface area contributed by atoms with E-state index in [9.17, 15) is 62.3 Å². The van der Waals surface area contributed by atoms with Crippen molar-refractivity contribution in [2.45, 2.75) is 30.9 Å². The predicted octanol–water partition coefficient (Wildman–Crippen LogP) is 7.62. The number of benzene rings is 3. The van der Waals surface area contributed by atoms with E-state index in [-0.39, 0.29) is 42.0 Å². The molecule has 41 heavy (non-hydrogen) atoms. The summed E-state index contributed by atoms with van der Waals surface area (Å²) in [5.41, 5.74) is -9.72. The van der Waals surface area contributed by atoms with Crippen LogP contribution in [0.15, 0.2) is 66.7 Å². The number of carbonyl (C=O) groups is 2. The summed E-state index contributed by atoms with van der Waals surface area (Å²) in [6, 6.07) is 6.36. The van der Waals surface area contributed by atoms with E-state index in [2.05, 4.69) is 0 Å². The summed E-state index contributed by atoms with van der Waals surface area (Å²) >= 11 is 0. The fourth-order valence-electron chi connectivity index (χ4n) is 3.45. The van der Waals surface area contributed by atoms with Crippen LogP contribution in [0.2, 0.25) is 0 Å². The number of hydrogen-bond acceptors (Lipinski definition) is 2. The highest BCUT2D eigenvalue weighted by Gasteiger charge is 2.39. The van der Waals surface area contributed by atoms with Crippen LogP contribution in [0.3, 0.4) is 0 Å². The second-order valence-electron chi connectivity index (χ2n) is 8.38. The first-order valence-electron chi connectivity index (χ1n) is 10.9. The standard InChI is InChI=1S/C25H14F12N2O2/c26-22(27,28)15-6-13(7-16(10-15)23(29,30)31)20(40)38-19(12-4-2-1-3-5-12)39-21(41)14-8-17(24(32,33)34)11-18(9-14)25(35,36)37/h1-11,19H,(H,38,40)(H,39,41). The Morgan fingerprint density at radius 2 is 0.780 bits per heavy atom. The average Bonchev–Trinajstić information content (AvgIpc) is 2.86. The normalized spacial score (nSPS) is 12.8. The molecule has 0 fully saturated rings. The van der Waals surface area contributed by atoms with E-state index in [1.165, 1.54) is 30.3 Å². The minimum absolute atomic E-state index is 0.0831. The van der Waals surface area contributed by atoms with Crippen LogP contribution in [-0.4, -0.2) is 11.8 Å². The highest BCUT2D eigenvalue weighted by Crippen LogP contribution is 2.38. The Bertz CT molecular complexity index is 1270. The summed E-state index contributed by atoms with van der Waals surface area (Å²) < 4.78 is 158. The molecule has 0 saturated heterocycles. The van der Waals surface area contributed by atoms with E-state index in [4.69, 9.17) is 0 Å². The molecule has 0 unspecified atom stereocenters. The molecule has 3 aromatic rings. The van der Waals surface area contributed by atoms with Gasteiger partial charge in [-0.25, -0.2) is 0 Å². The third-order valence-corrected chi connectivity index (χ3v) is 5.38. The Labute approximate surface area is 222 Å². The summed E-state index contributed by atoms with van der Waals surface area (Å²) in [5, 5.41) is 3.89. The maximum absolute atomic E-state index is 13.2. The molecular weight excluding hydrogens is 588 g/mol. The largest absolute Gasteiger partial charge is 0.416 e. The van der Waals surface area contributed by atoms with E-state index >= 15 is 0 Å². The Hall–Kier alpha value is -4.24. The molecule has 0 heterocycles. The second-order valence-corrected chi connectivity index (χ2v) is 8.38. The first-order valence-corrected chi connectivity index (χ1v) is 10.9. The first-order chi connectivity index (χ1) is 18.7. The minimum Gasteiger partial charge on any atom is -0.328 e. The molecule has 3 rings (SSSR count). The Kier molecular flexibility index (Phi) is 8.37. The van der Waals surface area contributed by atoms with E-state index in [1.54, 1.807) is 0 Å². The number of amides is 2. The van der Waals surface area contributed by atoms with Gasteiger partial charge in [-0.2, -0.15) is 52.7 Å². The fraction of sp³-hybridized carbons (Fsp3) is 0.200. The average molecular weight is 602 g/mol. The van der Waals surface area contributed by atoms with Crippen molar-refractivity contribution in [3.05, 3.63) is 106 Å². The maximum Gasteiger partial charge on any atom is 0.416 e. The number of carbonyl (C=O) groups excluding carboxylic acids is 2. The number of halogens is 12. The molecule has 4 nitrogen and oxygen atoms in total. The van der Waals surface area contributed by atoms with Gasteiger partial charge in [0.2, 0.25) is 0 Å². The van der Waals surface area contributed by atoms with Crippen molar-refractivity contribution in [3.8, 4) is 0 Å². The maximum atomic E-state index is 13.2. The van der Waals surface area contributed by atoms with Crippen LogP contribution >= 0.6 is 0 Å². The molecule has 0 aromatic heterocycles. The SMILES string of the molecule is O=C(NC(NC(=O)c1cc(C(F)(F)F)cc(C(F)(F)F)c1)c1ccccc1)c1cc(C(F)(F)F)cc(C(F)(F)F)c1. The van der Waals surface area contributed by atoms with Crippen LogP contribution in [0.25, 0.3) is 0 Å². The number of hydrogen-bond donors (Lipinski definition) is 2. The van der Waals surface area contributed by atoms with Crippen molar-refractivity contribution in [1.82, 2.24) is 10.6 Å². The fourth-order valence-corrected chi connectivity index (χ4v) is 3.45. The lowest BCUT2D eigenvalue weighted by Crippen LogP contribution is -2.41. The van der Waals surface area contributed by atoms with E-state index < -0.39 is 76.1 Å². The molecule has 0 aliphatic rings. The van der Waals surface area contributed by atoms with Crippen LogP contribution in [-0.2, 0) is 24.7 Å². The molecule has 16 heteroatoms. The molecule has 2 amide bonds. The lowest BCUT2D eigenvalue weighted by atomic mass is 10.0. The zero-order chi connectivity index (χ0) is 31.0. The van der Waals surface area contributed by atoms with Crippen molar-refractivity contribution in [3.63, 3.8) is 0 Å². The predicted molar refractivity (Wildman–Crippen MR) is 117 cm³/mol. The molecule has 220 valence electrons. The van der Waals surface area contributed by atoms with Crippen molar-refractivity contribution in [1.29, 1.82) is 0 Å². The second kappa shape index (κ2) is 11.0. The molecule has 0 aliphatic heterocycles. The van der Waals surface area contributed by atoms with Crippen LogP contribution in [0, 0.1) is 0 Å². The van der Waals surface area contributed by atoms with Crippen LogP contribution in [0.1, 0.15) is 54.7 Å². The molecule has 3 aromatic carbocycles. The molecule has 0 atom stereocenters. The third-order valence-electron chi connectivity index (χ3n) is 5.38. The molecule has 0 aliphatic carbocycles. The van der Waals surface area contributed by atoms with Crippen LogP contribution in [0.4, 0.5) is 52.7 Å². The van der Waals surface area contributed by atoms with Crippen molar-refractivity contribution in [2.24, 2.45) is 0 Å². The van der Waals surface area contributed by atoms with Gasteiger partial charge in [-0.15, -0.1) is 0 Å². The van der Waals surface area contributed by atoms with E-state index in [1.807, 2.05) is 10.6 Å². The topological polar surface area (TPSA) is 58.2 Å². The van der Waals surface area contributed by atoms with E-state index in [0.717, 1.165) is 0 Å². The van der Waals surface area contributed by atoms with Gasteiger partial charge in [0.25, 0.3) is 11.8 Å². The van der Waals surface area contributed by atoms with Gasteiger partial charge >= 0.3 is 24.7 Å². The van der Waals surface area contributed by atoms with Gasteiger partial charge in [0.15, 0.2) is 0 Å². The Morgan fingerprint density at radius 3 is 1.05 bits per heavy atom. The lowest BCUT2D eigenvalue weighted by Gasteiger charge is -2.22. The highest BCUT2D eigenvalue weighted by atomic mass is 19.4. The monoisotopic (exact) mass is 602 g/mol. The summed E-state index contributed by atoms with van der Waals surface area (Å²) in [4.78, 5) is 25.6. The number of nitrogens with one attached hydrogen (secondary N) is 2. The summed E-state index contributed by atoms with van der Waals surface area (Å²) in [6.45, 7) is 0. The molecule has 2 N–H and O–H groups in total. The van der Waals surface area contributed by atoms with Gasteiger partial charge in [-0.3, -0.25) is 9.59 Å². The molecule has 0 bridgehead atoms. The number of alkyl halides is 12. The third kappa shape index (κ3) is 7.91. The van der Waals surface area contributed by atoms with Gasteiger partial charge in [0, 0.05) is 11.1 Å².